The van der Waals surface area contributed by atoms with Crippen molar-refractivity contribution in [2.45, 2.75) is 45.6 Å². The summed E-state index contributed by atoms with van der Waals surface area (Å²) in [7, 11) is 4.14. The number of urea groups is 1. The molecular weight excluding hydrogens is 410 g/mol. The number of amides is 2. The van der Waals surface area contributed by atoms with E-state index in [2.05, 4.69) is 59.2 Å². The van der Waals surface area contributed by atoms with Gasteiger partial charge in [-0.15, -0.1) is 0 Å². The zero-order valence-corrected chi connectivity index (χ0v) is 20.1. The summed E-state index contributed by atoms with van der Waals surface area (Å²) in [4.78, 5) is 19.4. The van der Waals surface area contributed by atoms with E-state index in [1.165, 1.54) is 11.1 Å². The number of rotatable bonds is 6. The first kappa shape index (κ1) is 22.9. The number of aryl methyl sites for hydroxylation is 2. The number of nitrogens with one attached hydrogen (secondary N) is 3. The number of hydrogen-bond acceptors (Lipinski definition) is 4. The minimum atomic E-state index is -0.121. The summed E-state index contributed by atoms with van der Waals surface area (Å²) in [5.41, 5.74) is 5.26. The van der Waals surface area contributed by atoms with Crippen LogP contribution in [-0.2, 0) is 0 Å². The van der Waals surface area contributed by atoms with E-state index in [-0.39, 0.29) is 6.03 Å². The van der Waals surface area contributed by atoms with Crippen molar-refractivity contribution in [1.82, 2.24) is 10.3 Å². The van der Waals surface area contributed by atoms with Crippen LogP contribution in [0.1, 0.15) is 36.8 Å². The predicted molar refractivity (Wildman–Crippen MR) is 138 cm³/mol. The van der Waals surface area contributed by atoms with Crippen molar-refractivity contribution in [2.24, 2.45) is 5.92 Å². The molecule has 1 aliphatic carbocycles. The van der Waals surface area contributed by atoms with Gasteiger partial charge in [-0.3, -0.25) is 0 Å². The molecule has 1 aromatic heterocycles. The number of hydrogen-bond donors (Lipinski definition) is 3. The maximum absolute atomic E-state index is 12.4. The summed E-state index contributed by atoms with van der Waals surface area (Å²) in [6.45, 7) is 4.74. The van der Waals surface area contributed by atoms with Crippen molar-refractivity contribution in [3.8, 4) is 0 Å². The fourth-order valence-corrected chi connectivity index (χ4v) is 4.73. The van der Waals surface area contributed by atoms with E-state index in [0.717, 1.165) is 53.8 Å². The maximum Gasteiger partial charge on any atom is 0.319 e. The molecule has 4 rings (SSSR count). The second-order valence-electron chi connectivity index (χ2n) is 9.40. The van der Waals surface area contributed by atoms with Crippen molar-refractivity contribution in [2.75, 3.05) is 36.2 Å². The van der Waals surface area contributed by atoms with Crippen LogP contribution in [0.25, 0.3) is 10.9 Å². The largest absolute Gasteiger partial charge is 0.377 e. The van der Waals surface area contributed by atoms with E-state index in [1.54, 1.807) is 0 Å². The highest BCUT2D eigenvalue weighted by atomic mass is 16.2. The second-order valence-corrected chi connectivity index (χ2v) is 9.40. The van der Waals surface area contributed by atoms with Gasteiger partial charge in [0.15, 0.2) is 0 Å². The Kier molecular flexibility index (Phi) is 7.02. The maximum atomic E-state index is 12.4. The second kappa shape index (κ2) is 10.1. The third kappa shape index (κ3) is 5.56. The molecule has 2 aromatic carbocycles. The molecule has 1 fully saturated rings. The number of anilines is 3. The molecule has 0 spiro atoms. The van der Waals surface area contributed by atoms with Crippen LogP contribution in [0.3, 0.4) is 0 Å². The fourth-order valence-electron chi connectivity index (χ4n) is 4.73. The number of carbonyl (C=O) groups excluding carboxylic acids is 1. The fraction of sp³-hybridized carbons (Fsp3) is 0.407. The van der Waals surface area contributed by atoms with Gasteiger partial charge < -0.3 is 20.9 Å². The van der Waals surface area contributed by atoms with Gasteiger partial charge in [0.1, 0.15) is 5.82 Å². The third-order valence-electron chi connectivity index (χ3n) is 6.65. The van der Waals surface area contributed by atoms with E-state index in [9.17, 15) is 4.79 Å². The van der Waals surface area contributed by atoms with Gasteiger partial charge in [-0.2, -0.15) is 0 Å². The average Bonchev–Trinajstić information content (AvgIpc) is 2.80. The molecule has 2 amide bonds. The van der Waals surface area contributed by atoms with Crippen LogP contribution < -0.4 is 20.9 Å². The van der Waals surface area contributed by atoms with Crippen LogP contribution >= 0.6 is 0 Å². The van der Waals surface area contributed by atoms with Gasteiger partial charge >= 0.3 is 6.03 Å². The number of nitrogens with zero attached hydrogens (tertiary/aromatic N) is 2. The quantitative estimate of drug-likeness (QED) is 0.455. The number of benzene rings is 2. The number of carbonyl (C=O) groups is 1. The van der Waals surface area contributed by atoms with Gasteiger partial charge in [-0.05, 0) is 62.6 Å². The molecule has 1 aliphatic rings. The van der Waals surface area contributed by atoms with E-state index in [1.807, 2.05) is 38.1 Å². The van der Waals surface area contributed by atoms with Gasteiger partial charge in [-0.25, -0.2) is 9.78 Å². The van der Waals surface area contributed by atoms with Crippen LogP contribution in [-0.4, -0.2) is 37.7 Å². The molecule has 0 saturated heterocycles. The van der Waals surface area contributed by atoms with E-state index in [4.69, 9.17) is 4.98 Å². The molecule has 33 heavy (non-hydrogen) atoms. The minimum Gasteiger partial charge on any atom is -0.377 e. The first-order chi connectivity index (χ1) is 15.9. The molecule has 3 aromatic rings. The molecule has 1 saturated carbocycles. The van der Waals surface area contributed by atoms with Gasteiger partial charge in [0.25, 0.3) is 0 Å². The highest BCUT2D eigenvalue weighted by molar-refractivity contribution is 5.93. The molecule has 174 valence electrons. The zero-order valence-electron chi connectivity index (χ0n) is 20.1. The lowest BCUT2D eigenvalue weighted by Crippen LogP contribution is -2.36. The smallest absolute Gasteiger partial charge is 0.319 e. The Labute approximate surface area is 196 Å². The monoisotopic (exact) mass is 445 g/mol. The summed E-state index contributed by atoms with van der Waals surface area (Å²) in [5, 5.41) is 10.9. The topological polar surface area (TPSA) is 69.3 Å². The van der Waals surface area contributed by atoms with Crippen LogP contribution in [0.2, 0.25) is 0 Å². The van der Waals surface area contributed by atoms with Crippen LogP contribution in [0.4, 0.5) is 22.0 Å². The Hall–Kier alpha value is -3.28. The predicted octanol–water partition coefficient (Wildman–Crippen LogP) is 5.71. The zero-order chi connectivity index (χ0) is 23.4. The summed E-state index contributed by atoms with van der Waals surface area (Å²) in [5.74, 6) is 1.45. The molecule has 0 unspecified atom stereocenters. The molecule has 0 radical (unpaired) electrons. The SMILES string of the molecule is Cc1cccc(C)c1NC(=O)NC[C@H]1CC[C@@H](Nc2cc(N(C)C)c3ccccc3n2)CC1. The average molecular weight is 446 g/mol. The van der Waals surface area contributed by atoms with E-state index in [0.29, 0.717) is 18.5 Å². The first-order valence-electron chi connectivity index (χ1n) is 11.9. The molecule has 6 heteroatoms. The minimum absolute atomic E-state index is 0.121. The number of para-hydroxylation sites is 2. The van der Waals surface area contributed by atoms with Crippen molar-refractivity contribution in [1.29, 1.82) is 0 Å². The van der Waals surface area contributed by atoms with E-state index < -0.39 is 0 Å². The van der Waals surface area contributed by atoms with Crippen LogP contribution in [0.5, 0.6) is 0 Å². The standard InChI is InChI=1S/C27H35N5O/c1-18-8-7-9-19(2)26(18)31-27(33)28-17-20-12-14-21(15-13-20)29-25-16-24(32(3)4)22-10-5-6-11-23(22)30-25/h5-11,16,20-21H,12-15,17H2,1-4H3,(H,29,30)(H2,28,31,33)/t20-,21+. The molecule has 1 heterocycles. The number of pyridine rings is 1. The molecule has 6 nitrogen and oxygen atoms in total. The van der Waals surface area contributed by atoms with Crippen molar-refractivity contribution in [3.05, 3.63) is 59.7 Å². The lowest BCUT2D eigenvalue weighted by molar-refractivity contribution is 0.246. The van der Waals surface area contributed by atoms with Gasteiger partial charge in [0.05, 0.1) is 5.52 Å². The third-order valence-corrected chi connectivity index (χ3v) is 6.65. The number of fused-ring (bicyclic) bond motifs is 1. The summed E-state index contributed by atoms with van der Waals surface area (Å²) < 4.78 is 0. The lowest BCUT2D eigenvalue weighted by Gasteiger charge is -2.30. The van der Waals surface area contributed by atoms with Crippen LogP contribution in [0, 0.1) is 19.8 Å². The van der Waals surface area contributed by atoms with Gasteiger partial charge in [-0.1, -0.05) is 36.4 Å². The van der Waals surface area contributed by atoms with Crippen molar-refractivity contribution in [3.63, 3.8) is 0 Å². The molecule has 0 atom stereocenters. The highest BCUT2D eigenvalue weighted by Gasteiger charge is 2.22. The Balaban J connectivity index is 1.28. The first-order valence-corrected chi connectivity index (χ1v) is 11.9. The lowest BCUT2D eigenvalue weighted by atomic mass is 9.86. The Morgan fingerprint density at radius 2 is 1.70 bits per heavy atom. The molecular formula is C27H35N5O. The Morgan fingerprint density at radius 1 is 1.00 bits per heavy atom. The van der Waals surface area contributed by atoms with Crippen molar-refractivity contribution >= 4 is 34.1 Å². The highest BCUT2D eigenvalue weighted by Crippen LogP contribution is 2.30. The summed E-state index contributed by atoms with van der Waals surface area (Å²) in [6, 6.07) is 16.8. The number of aromatic nitrogens is 1. The summed E-state index contributed by atoms with van der Waals surface area (Å²) in [6.07, 6.45) is 4.35. The Morgan fingerprint density at radius 3 is 2.39 bits per heavy atom. The normalized spacial score (nSPS) is 18.1. The molecule has 0 bridgehead atoms. The molecule has 3 N–H and O–H groups in total. The van der Waals surface area contributed by atoms with Crippen molar-refractivity contribution < 1.29 is 4.79 Å². The van der Waals surface area contributed by atoms with Gasteiger partial charge in [0, 0.05) is 49.5 Å². The summed E-state index contributed by atoms with van der Waals surface area (Å²) >= 11 is 0. The van der Waals surface area contributed by atoms with Gasteiger partial charge in [0.2, 0.25) is 0 Å². The molecule has 0 aliphatic heterocycles. The van der Waals surface area contributed by atoms with Crippen LogP contribution in [0.15, 0.2) is 48.5 Å². The van der Waals surface area contributed by atoms with E-state index >= 15 is 0 Å². The Bertz CT molecular complexity index is 1100.